The number of aromatic hydroxyl groups is 1. The Morgan fingerprint density at radius 1 is 0.950 bits per heavy atom. The van der Waals surface area contributed by atoms with Crippen molar-refractivity contribution in [1.82, 2.24) is 0 Å². The Labute approximate surface area is 116 Å². The van der Waals surface area contributed by atoms with Crippen molar-refractivity contribution in [3.63, 3.8) is 0 Å². The van der Waals surface area contributed by atoms with E-state index in [-0.39, 0.29) is 11.6 Å². The van der Waals surface area contributed by atoms with Crippen LogP contribution >= 0.6 is 0 Å². The van der Waals surface area contributed by atoms with Gasteiger partial charge in [-0.3, -0.25) is 0 Å². The lowest BCUT2D eigenvalue weighted by Gasteiger charge is -2.11. The molecule has 3 heteroatoms. The molecule has 0 atom stereocenters. The number of halogens is 1. The number of hydrogen-bond acceptors (Lipinski definition) is 2. The zero-order valence-corrected chi connectivity index (χ0v) is 10.9. The third-order valence-corrected chi connectivity index (χ3v) is 3.34. The molecule has 0 amide bonds. The average Bonchev–Trinajstić information content (AvgIpc) is 2.48. The van der Waals surface area contributed by atoms with Crippen LogP contribution in [0.25, 0.3) is 21.9 Å². The molecule has 0 fully saturated rings. The molecular formula is C17H13FO2. The van der Waals surface area contributed by atoms with E-state index < -0.39 is 0 Å². The van der Waals surface area contributed by atoms with E-state index in [2.05, 4.69) is 0 Å². The van der Waals surface area contributed by atoms with Crippen LogP contribution in [0.15, 0.2) is 54.6 Å². The Morgan fingerprint density at radius 3 is 2.35 bits per heavy atom. The lowest BCUT2D eigenvalue weighted by molar-refractivity contribution is 0.415. The van der Waals surface area contributed by atoms with Crippen molar-refractivity contribution in [2.75, 3.05) is 7.11 Å². The Hall–Kier alpha value is -2.55. The van der Waals surface area contributed by atoms with Gasteiger partial charge in [-0.1, -0.05) is 24.3 Å². The molecule has 0 aliphatic heterocycles. The van der Waals surface area contributed by atoms with Crippen LogP contribution in [0.1, 0.15) is 0 Å². The maximum Gasteiger partial charge on any atom is 0.124 e. The van der Waals surface area contributed by atoms with E-state index in [1.54, 1.807) is 25.3 Å². The highest BCUT2D eigenvalue weighted by Crippen LogP contribution is 2.37. The summed E-state index contributed by atoms with van der Waals surface area (Å²) in [7, 11) is 1.60. The predicted molar refractivity (Wildman–Crippen MR) is 77.6 cm³/mol. The molecule has 0 aliphatic rings. The van der Waals surface area contributed by atoms with Gasteiger partial charge in [-0.2, -0.15) is 0 Å². The van der Waals surface area contributed by atoms with Crippen LogP contribution in [0.5, 0.6) is 11.5 Å². The Balaban J connectivity index is 2.32. The summed E-state index contributed by atoms with van der Waals surface area (Å²) in [5.41, 5.74) is 1.45. The van der Waals surface area contributed by atoms with E-state index in [9.17, 15) is 9.50 Å². The van der Waals surface area contributed by atoms with E-state index in [1.165, 1.54) is 12.1 Å². The normalized spacial score (nSPS) is 10.7. The van der Waals surface area contributed by atoms with Crippen molar-refractivity contribution < 1.29 is 14.2 Å². The molecule has 0 saturated heterocycles. The second-order valence-electron chi connectivity index (χ2n) is 4.55. The fourth-order valence-corrected chi connectivity index (χ4v) is 2.33. The number of ether oxygens (including phenoxy) is 1. The van der Waals surface area contributed by atoms with Crippen LogP contribution in [-0.2, 0) is 0 Å². The second kappa shape index (κ2) is 4.85. The zero-order valence-electron chi connectivity index (χ0n) is 10.9. The molecule has 2 nitrogen and oxygen atoms in total. The van der Waals surface area contributed by atoms with Gasteiger partial charge in [0.2, 0.25) is 0 Å². The molecule has 0 aliphatic carbocycles. The number of phenolic OH excluding ortho intramolecular Hbond substituents is 1. The first-order valence-corrected chi connectivity index (χ1v) is 6.25. The van der Waals surface area contributed by atoms with E-state index in [0.29, 0.717) is 11.3 Å². The predicted octanol–water partition coefficient (Wildman–Crippen LogP) is 4.36. The third-order valence-electron chi connectivity index (χ3n) is 3.34. The van der Waals surface area contributed by atoms with Crippen molar-refractivity contribution >= 4 is 10.8 Å². The molecule has 0 aromatic heterocycles. The summed E-state index contributed by atoms with van der Waals surface area (Å²) in [6, 6.07) is 15.2. The minimum absolute atomic E-state index is 0.164. The summed E-state index contributed by atoms with van der Waals surface area (Å²) in [5, 5.41) is 12.0. The molecule has 0 radical (unpaired) electrons. The fraction of sp³-hybridized carbons (Fsp3) is 0.0588. The van der Waals surface area contributed by atoms with Gasteiger partial charge < -0.3 is 9.84 Å². The van der Waals surface area contributed by atoms with Gasteiger partial charge in [0.05, 0.1) is 7.11 Å². The first-order chi connectivity index (χ1) is 9.69. The monoisotopic (exact) mass is 268 g/mol. The smallest absolute Gasteiger partial charge is 0.124 e. The fourth-order valence-electron chi connectivity index (χ4n) is 2.33. The minimum Gasteiger partial charge on any atom is -0.507 e. The van der Waals surface area contributed by atoms with Crippen molar-refractivity contribution in [3.8, 4) is 22.6 Å². The van der Waals surface area contributed by atoms with Crippen molar-refractivity contribution in [3.05, 3.63) is 60.4 Å². The SMILES string of the molecule is COc1ccc2ccc(O)c(-c3ccc(F)cc3)c2c1. The number of benzene rings is 3. The summed E-state index contributed by atoms with van der Waals surface area (Å²) < 4.78 is 18.3. The Bertz CT molecular complexity index is 764. The molecule has 20 heavy (non-hydrogen) atoms. The van der Waals surface area contributed by atoms with E-state index in [1.807, 2.05) is 24.3 Å². The average molecular weight is 268 g/mol. The summed E-state index contributed by atoms with van der Waals surface area (Å²) in [6.45, 7) is 0. The van der Waals surface area contributed by atoms with Crippen LogP contribution in [0, 0.1) is 5.82 Å². The third kappa shape index (κ3) is 2.07. The van der Waals surface area contributed by atoms with Crippen LogP contribution in [0.2, 0.25) is 0 Å². The summed E-state index contributed by atoms with van der Waals surface area (Å²) in [5.74, 6) is 0.579. The van der Waals surface area contributed by atoms with Crippen LogP contribution in [0.3, 0.4) is 0 Å². The molecule has 3 rings (SSSR count). The van der Waals surface area contributed by atoms with Crippen molar-refractivity contribution in [2.24, 2.45) is 0 Å². The van der Waals surface area contributed by atoms with Gasteiger partial charge in [0.15, 0.2) is 0 Å². The summed E-state index contributed by atoms with van der Waals surface area (Å²) in [4.78, 5) is 0. The minimum atomic E-state index is -0.300. The van der Waals surface area contributed by atoms with Gasteiger partial charge in [-0.25, -0.2) is 4.39 Å². The lowest BCUT2D eigenvalue weighted by atomic mass is 9.97. The highest BCUT2D eigenvalue weighted by atomic mass is 19.1. The molecule has 0 spiro atoms. The van der Waals surface area contributed by atoms with Gasteiger partial charge in [0.25, 0.3) is 0 Å². The maximum atomic E-state index is 13.1. The maximum absolute atomic E-state index is 13.1. The molecule has 0 saturated carbocycles. The summed E-state index contributed by atoms with van der Waals surface area (Å²) in [6.07, 6.45) is 0. The van der Waals surface area contributed by atoms with Crippen molar-refractivity contribution in [1.29, 1.82) is 0 Å². The van der Waals surface area contributed by atoms with Crippen LogP contribution in [-0.4, -0.2) is 12.2 Å². The number of phenols is 1. The molecule has 3 aromatic rings. The van der Waals surface area contributed by atoms with E-state index >= 15 is 0 Å². The van der Waals surface area contributed by atoms with Gasteiger partial charge in [0.1, 0.15) is 17.3 Å². The van der Waals surface area contributed by atoms with E-state index in [0.717, 1.165) is 16.3 Å². The molecular weight excluding hydrogens is 255 g/mol. The first-order valence-electron chi connectivity index (χ1n) is 6.25. The van der Waals surface area contributed by atoms with Crippen LogP contribution < -0.4 is 4.74 Å². The quantitative estimate of drug-likeness (QED) is 0.748. The number of hydrogen-bond donors (Lipinski definition) is 1. The first kappa shape index (κ1) is 12.5. The molecule has 0 unspecified atom stereocenters. The summed E-state index contributed by atoms with van der Waals surface area (Å²) >= 11 is 0. The molecule has 3 aromatic carbocycles. The van der Waals surface area contributed by atoms with Gasteiger partial charge in [-0.05, 0) is 46.7 Å². The molecule has 1 N–H and O–H groups in total. The van der Waals surface area contributed by atoms with Gasteiger partial charge in [0, 0.05) is 5.56 Å². The second-order valence-corrected chi connectivity index (χ2v) is 4.55. The largest absolute Gasteiger partial charge is 0.507 e. The molecule has 0 bridgehead atoms. The molecule has 100 valence electrons. The number of fused-ring (bicyclic) bond motifs is 1. The van der Waals surface area contributed by atoms with Crippen LogP contribution in [0.4, 0.5) is 4.39 Å². The Kier molecular flexibility index (Phi) is 3.03. The topological polar surface area (TPSA) is 29.5 Å². The number of rotatable bonds is 2. The van der Waals surface area contributed by atoms with E-state index in [4.69, 9.17) is 4.74 Å². The van der Waals surface area contributed by atoms with Gasteiger partial charge >= 0.3 is 0 Å². The highest BCUT2D eigenvalue weighted by molar-refractivity contribution is 6.00. The van der Waals surface area contributed by atoms with Gasteiger partial charge in [-0.15, -0.1) is 0 Å². The number of methoxy groups -OCH3 is 1. The standard InChI is InChI=1S/C17H13FO2/c1-20-14-8-4-11-5-9-16(19)17(15(11)10-14)12-2-6-13(18)7-3-12/h2-10,19H,1H3. The Morgan fingerprint density at radius 2 is 1.65 bits per heavy atom. The lowest BCUT2D eigenvalue weighted by Crippen LogP contribution is -1.86. The molecule has 0 heterocycles. The van der Waals surface area contributed by atoms with Crippen molar-refractivity contribution in [2.45, 2.75) is 0 Å². The highest BCUT2D eigenvalue weighted by Gasteiger charge is 2.10. The zero-order chi connectivity index (χ0) is 14.1.